The fourth-order valence-corrected chi connectivity index (χ4v) is 4.59. The highest BCUT2D eigenvalue weighted by Crippen LogP contribution is 2.28. The average Bonchev–Trinajstić information content (AvgIpc) is 2.92. The summed E-state index contributed by atoms with van der Waals surface area (Å²) >= 11 is 0. The van der Waals surface area contributed by atoms with Crippen molar-refractivity contribution in [2.45, 2.75) is 20.3 Å². The van der Waals surface area contributed by atoms with Gasteiger partial charge in [-0.25, -0.2) is 14.8 Å². The van der Waals surface area contributed by atoms with Gasteiger partial charge in [-0.2, -0.15) is 0 Å². The van der Waals surface area contributed by atoms with Crippen LogP contribution >= 0.6 is 0 Å². The molecule has 36 heavy (non-hydrogen) atoms. The zero-order chi connectivity index (χ0) is 24.9. The molecule has 1 aliphatic rings. The van der Waals surface area contributed by atoms with Gasteiger partial charge >= 0.3 is 6.03 Å². The first-order valence-corrected chi connectivity index (χ1v) is 12.4. The van der Waals surface area contributed by atoms with E-state index in [4.69, 9.17) is 9.97 Å². The Morgan fingerprint density at radius 1 is 0.806 bits per heavy atom. The third-order valence-electron chi connectivity index (χ3n) is 6.70. The monoisotopic (exact) mass is 477 g/mol. The zero-order valence-electron chi connectivity index (χ0n) is 20.8. The summed E-state index contributed by atoms with van der Waals surface area (Å²) in [6.45, 7) is 6.77. The van der Waals surface area contributed by atoms with Crippen LogP contribution in [0.1, 0.15) is 22.4 Å². The van der Waals surface area contributed by atoms with Crippen LogP contribution in [0.3, 0.4) is 0 Å². The predicted molar refractivity (Wildman–Crippen MR) is 145 cm³/mol. The molecule has 6 nitrogen and oxygen atoms in total. The molecule has 2 amide bonds. The Labute approximate surface area is 212 Å². The molecular weight excluding hydrogens is 446 g/mol. The Hall–Kier alpha value is -4.19. The minimum atomic E-state index is -0.0581. The Bertz CT molecular complexity index is 1330. The van der Waals surface area contributed by atoms with Crippen LogP contribution in [-0.4, -0.2) is 47.1 Å². The highest BCUT2D eigenvalue weighted by Gasteiger charge is 2.25. The number of urea groups is 1. The van der Waals surface area contributed by atoms with Crippen molar-refractivity contribution < 1.29 is 4.79 Å². The lowest BCUT2D eigenvalue weighted by molar-refractivity contribution is 0.208. The predicted octanol–water partition coefficient (Wildman–Crippen LogP) is 5.71. The molecule has 0 radical (unpaired) electrons. The largest absolute Gasteiger partial charge is 0.353 e. The lowest BCUT2D eigenvalue weighted by Gasteiger charge is -2.36. The summed E-state index contributed by atoms with van der Waals surface area (Å²) in [6, 6.07) is 28.4. The summed E-state index contributed by atoms with van der Waals surface area (Å²) in [5, 5.41) is 3.06. The molecule has 0 atom stereocenters. The van der Waals surface area contributed by atoms with Crippen molar-refractivity contribution in [2.75, 3.05) is 36.4 Å². The number of hydrogen-bond donors (Lipinski definition) is 1. The second-order valence-corrected chi connectivity index (χ2v) is 9.18. The molecule has 1 N–H and O–H groups in total. The number of aryl methyl sites for hydroxylation is 2. The van der Waals surface area contributed by atoms with Crippen molar-refractivity contribution in [2.24, 2.45) is 0 Å². The van der Waals surface area contributed by atoms with Gasteiger partial charge in [0, 0.05) is 55.1 Å². The minimum absolute atomic E-state index is 0.0581. The van der Waals surface area contributed by atoms with Crippen LogP contribution in [0.15, 0.2) is 84.9 Å². The first kappa shape index (κ1) is 23.5. The first-order valence-electron chi connectivity index (χ1n) is 12.4. The van der Waals surface area contributed by atoms with Gasteiger partial charge in [-0.3, -0.25) is 0 Å². The Morgan fingerprint density at radius 2 is 1.44 bits per heavy atom. The molecule has 0 spiro atoms. The number of piperazine rings is 1. The lowest BCUT2D eigenvalue weighted by atomic mass is 10.0. The Balaban J connectivity index is 1.39. The number of amides is 2. The van der Waals surface area contributed by atoms with E-state index in [0.29, 0.717) is 26.2 Å². The number of nitrogens with one attached hydrogen (secondary N) is 1. The van der Waals surface area contributed by atoms with E-state index in [2.05, 4.69) is 41.4 Å². The zero-order valence-corrected chi connectivity index (χ0v) is 20.8. The van der Waals surface area contributed by atoms with E-state index >= 15 is 0 Å². The third kappa shape index (κ3) is 5.23. The van der Waals surface area contributed by atoms with Gasteiger partial charge in [0.2, 0.25) is 0 Å². The van der Waals surface area contributed by atoms with E-state index in [-0.39, 0.29) is 6.03 Å². The summed E-state index contributed by atoms with van der Waals surface area (Å²) in [4.78, 5) is 27.1. The van der Waals surface area contributed by atoms with E-state index in [1.807, 2.05) is 72.5 Å². The Morgan fingerprint density at radius 3 is 2.14 bits per heavy atom. The number of anilines is 2. The maximum absolute atomic E-state index is 12.9. The second kappa shape index (κ2) is 10.6. The lowest BCUT2D eigenvalue weighted by Crippen LogP contribution is -2.50. The Kier molecular flexibility index (Phi) is 6.94. The van der Waals surface area contributed by atoms with Crippen LogP contribution in [0, 0.1) is 13.8 Å². The van der Waals surface area contributed by atoms with E-state index < -0.39 is 0 Å². The molecule has 4 aromatic rings. The number of carbonyl (C=O) groups excluding carboxylic acids is 1. The molecule has 0 unspecified atom stereocenters. The fraction of sp³-hybridized carbons (Fsp3) is 0.233. The molecule has 2 heterocycles. The number of nitrogens with zero attached hydrogens (tertiary/aromatic N) is 4. The summed E-state index contributed by atoms with van der Waals surface area (Å²) < 4.78 is 0. The van der Waals surface area contributed by atoms with Gasteiger partial charge in [0.15, 0.2) is 5.82 Å². The van der Waals surface area contributed by atoms with Crippen molar-refractivity contribution >= 4 is 17.5 Å². The van der Waals surface area contributed by atoms with Crippen molar-refractivity contribution in [3.05, 3.63) is 107 Å². The van der Waals surface area contributed by atoms with Gasteiger partial charge in [0.25, 0.3) is 0 Å². The van der Waals surface area contributed by atoms with Gasteiger partial charge in [-0.15, -0.1) is 0 Å². The van der Waals surface area contributed by atoms with Gasteiger partial charge in [0.1, 0.15) is 5.82 Å². The second-order valence-electron chi connectivity index (χ2n) is 9.18. The number of hydrogen-bond acceptors (Lipinski definition) is 4. The molecular formula is C30H31N5O. The maximum Gasteiger partial charge on any atom is 0.321 e. The van der Waals surface area contributed by atoms with Crippen LogP contribution < -0.4 is 10.2 Å². The highest BCUT2D eigenvalue weighted by molar-refractivity contribution is 5.90. The maximum atomic E-state index is 12.9. The van der Waals surface area contributed by atoms with Crippen molar-refractivity contribution in [3.8, 4) is 11.4 Å². The van der Waals surface area contributed by atoms with E-state index in [9.17, 15) is 4.79 Å². The number of carbonyl (C=O) groups is 1. The molecule has 0 bridgehead atoms. The van der Waals surface area contributed by atoms with Crippen LogP contribution in [-0.2, 0) is 6.42 Å². The molecule has 0 saturated carbocycles. The highest BCUT2D eigenvalue weighted by atomic mass is 16.2. The molecule has 1 aromatic heterocycles. The number of rotatable bonds is 5. The summed E-state index contributed by atoms with van der Waals surface area (Å²) in [7, 11) is 0. The van der Waals surface area contributed by atoms with Gasteiger partial charge in [-0.1, -0.05) is 78.9 Å². The average molecular weight is 478 g/mol. The summed E-state index contributed by atoms with van der Waals surface area (Å²) in [5.41, 5.74) is 6.27. The molecule has 1 fully saturated rings. The summed E-state index contributed by atoms with van der Waals surface area (Å²) in [6.07, 6.45) is 0.769. The van der Waals surface area contributed by atoms with Gasteiger partial charge in [0.05, 0.1) is 0 Å². The normalized spacial score (nSPS) is 13.5. The smallest absolute Gasteiger partial charge is 0.321 e. The SMILES string of the molecule is Cc1ccccc1NC(=O)N1CCN(c2nc(-c3ccccc3)nc(C)c2Cc2ccccc2)CC1. The first-order chi connectivity index (χ1) is 17.6. The number of para-hydroxylation sites is 1. The van der Waals surface area contributed by atoms with Crippen molar-refractivity contribution in [3.63, 3.8) is 0 Å². The van der Waals surface area contributed by atoms with E-state index in [1.165, 1.54) is 5.56 Å². The summed E-state index contributed by atoms with van der Waals surface area (Å²) in [5.74, 6) is 1.70. The quantitative estimate of drug-likeness (QED) is 0.400. The van der Waals surface area contributed by atoms with Crippen molar-refractivity contribution in [1.82, 2.24) is 14.9 Å². The molecule has 182 valence electrons. The van der Waals surface area contributed by atoms with Gasteiger partial charge < -0.3 is 15.1 Å². The molecule has 5 rings (SSSR count). The minimum Gasteiger partial charge on any atom is -0.353 e. The van der Waals surface area contributed by atoms with Crippen LogP contribution in [0.5, 0.6) is 0 Å². The fourth-order valence-electron chi connectivity index (χ4n) is 4.59. The van der Waals surface area contributed by atoms with Gasteiger partial charge in [-0.05, 0) is 31.0 Å². The van der Waals surface area contributed by atoms with Crippen LogP contribution in [0.4, 0.5) is 16.3 Å². The van der Waals surface area contributed by atoms with E-state index in [1.54, 1.807) is 0 Å². The standard InChI is InChI=1S/C30H31N5O/c1-22-11-9-10-16-27(22)32-30(36)35-19-17-34(18-20-35)29-26(21-24-12-5-3-6-13-24)23(2)31-28(33-29)25-14-7-4-8-15-25/h3-16H,17-21H2,1-2H3,(H,32,36). The third-order valence-corrected chi connectivity index (χ3v) is 6.70. The molecule has 1 aliphatic heterocycles. The van der Waals surface area contributed by atoms with Crippen molar-refractivity contribution in [1.29, 1.82) is 0 Å². The molecule has 0 aliphatic carbocycles. The molecule has 6 heteroatoms. The number of aromatic nitrogens is 2. The van der Waals surface area contributed by atoms with E-state index in [0.717, 1.165) is 46.1 Å². The van der Waals surface area contributed by atoms with Crippen LogP contribution in [0.25, 0.3) is 11.4 Å². The number of benzene rings is 3. The van der Waals surface area contributed by atoms with Crippen LogP contribution in [0.2, 0.25) is 0 Å². The molecule has 3 aromatic carbocycles. The molecule has 1 saturated heterocycles. The topological polar surface area (TPSA) is 61.4 Å².